The molecule has 0 radical (unpaired) electrons. The molecule has 18 heavy (non-hydrogen) atoms. The highest BCUT2D eigenvalue weighted by Gasteiger charge is 2.08. The van der Waals surface area contributed by atoms with Gasteiger partial charge in [0.05, 0.1) is 11.6 Å². The SMILES string of the molecule is N#Cc1ccn2c(-c3ccc(Cl)cc3)nnc2c1. The number of nitriles is 1. The van der Waals surface area contributed by atoms with Gasteiger partial charge in [-0.3, -0.25) is 4.40 Å². The van der Waals surface area contributed by atoms with E-state index in [9.17, 15) is 0 Å². The van der Waals surface area contributed by atoms with Crippen LogP contribution in [0.2, 0.25) is 5.02 Å². The molecule has 0 aliphatic carbocycles. The first-order chi connectivity index (χ1) is 8.78. The second-order valence-electron chi connectivity index (χ2n) is 3.79. The summed E-state index contributed by atoms with van der Waals surface area (Å²) in [6.07, 6.45) is 1.79. The van der Waals surface area contributed by atoms with Crippen LogP contribution in [0.3, 0.4) is 0 Å². The van der Waals surface area contributed by atoms with Gasteiger partial charge in [0.1, 0.15) is 0 Å². The molecule has 0 atom stereocenters. The maximum absolute atomic E-state index is 8.83. The fourth-order valence-corrected chi connectivity index (χ4v) is 1.88. The molecule has 0 aliphatic heterocycles. The number of nitrogens with zero attached hydrogens (tertiary/aromatic N) is 4. The van der Waals surface area contributed by atoms with Gasteiger partial charge in [-0.05, 0) is 30.3 Å². The fourth-order valence-electron chi connectivity index (χ4n) is 1.76. The Morgan fingerprint density at radius 3 is 2.61 bits per heavy atom. The predicted molar refractivity (Wildman–Crippen MR) is 68.1 cm³/mol. The van der Waals surface area contributed by atoms with E-state index in [2.05, 4.69) is 16.3 Å². The van der Waals surface area contributed by atoms with Gasteiger partial charge >= 0.3 is 0 Å². The highest BCUT2D eigenvalue weighted by Crippen LogP contribution is 2.20. The van der Waals surface area contributed by atoms with Crippen LogP contribution in [0.1, 0.15) is 5.56 Å². The molecule has 3 rings (SSSR count). The largest absolute Gasteiger partial charge is 0.282 e. The van der Waals surface area contributed by atoms with Gasteiger partial charge in [-0.15, -0.1) is 10.2 Å². The molecule has 86 valence electrons. The lowest BCUT2D eigenvalue weighted by Crippen LogP contribution is -1.89. The number of rotatable bonds is 1. The van der Waals surface area contributed by atoms with Gasteiger partial charge in [-0.2, -0.15) is 5.26 Å². The summed E-state index contributed by atoms with van der Waals surface area (Å²) in [5, 5.41) is 17.7. The Bertz CT molecular complexity index is 753. The molecule has 0 N–H and O–H groups in total. The van der Waals surface area contributed by atoms with Crippen LogP contribution >= 0.6 is 11.6 Å². The van der Waals surface area contributed by atoms with Crippen molar-refractivity contribution in [1.82, 2.24) is 14.6 Å². The fraction of sp³-hybridized carbons (Fsp3) is 0. The number of halogens is 1. The number of benzene rings is 1. The lowest BCUT2D eigenvalue weighted by atomic mass is 10.2. The summed E-state index contributed by atoms with van der Waals surface area (Å²) < 4.78 is 1.84. The van der Waals surface area contributed by atoms with Crippen LogP contribution in [0.25, 0.3) is 17.0 Å². The van der Waals surface area contributed by atoms with Crippen LogP contribution in [0, 0.1) is 11.3 Å². The van der Waals surface area contributed by atoms with Crippen LogP contribution in [0.15, 0.2) is 42.6 Å². The molecule has 3 aromatic rings. The monoisotopic (exact) mass is 254 g/mol. The molecule has 0 bridgehead atoms. The van der Waals surface area contributed by atoms with Gasteiger partial charge in [0.25, 0.3) is 0 Å². The van der Waals surface area contributed by atoms with E-state index in [1.807, 2.05) is 28.7 Å². The van der Waals surface area contributed by atoms with E-state index in [-0.39, 0.29) is 0 Å². The zero-order valence-corrected chi connectivity index (χ0v) is 9.96. The molecule has 0 fully saturated rings. The molecule has 4 nitrogen and oxygen atoms in total. The standard InChI is InChI=1S/C13H7ClN4/c14-11-3-1-10(2-4-11)13-17-16-12-7-9(8-15)5-6-18(12)13/h1-7H. The van der Waals surface area contributed by atoms with Gasteiger partial charge in [-0.1, -0.05) is 11.6 Å². The van der Waals surface area contributed by atoms with Crippen LogP contribution in [0.4, 0.5) is 0 Å². The number of fused-ring (bicyclic) bond motifs is 1. The van der Waals surface area contributed by atoms with E-state index in [0.29, 0.717) is 16.2 Å². The average Bonchev–Trinajstić information content (AvgIpc) is 2.82. The van der Waals surface area contributed by atoms with Crippen LogP contribution in [-0.4, -0.2) is 14.6 Å². The average molecular weight is 255 g/mol. The molecule has 0 saturated carbocycles. The van der Waals surface area contributed by atoms with Gasteiger partial charge in [0, 0.05) is 22.8 Å². The van der Waals surface area contributed by atoms with Crippen molar-refractivity contribution in [2.45, 2.75) is 0 Å². The molecule has 0 aliphatic rings. The zero-order valence-electron chi connectivity index (χ0n) is 9.21. The molecule has 0 saturated heterocycles. The third-order valence-corrected chi connectivity index (χ3v) is 2.89. The van der Waals surface area contributed by atoms with Crippen molar-refractivity contribution in [3.63, 3.8) is 0 Å². The van der Waals surface area contributed by atoms with Crippen molar-refractivity contribution in [2.24, 2.45) is 0 Å². The molecular formula is C13H7ClN4. The molecule has 5 heteroatoms. The second kappa shape index (κ2) is 4.13. The highest BCUT2D eigenvalue weighted by atomic mass is 35.5. The first kappa shape index (κ1) is 10.8. The maximum atomic E-state index is 8.83. The summed E-state index contributed by atoms with van der Waals surface area (Å²) in [5.74, 6) is 0.728. The minimum atomic E-state index is 0.567. The third kappa shape index (κ3) is 1.71. The quantitative estimate of drug-likeness (QED) is 0.671. The first-order valence-corrected chi connectivity index (χ1v) is 5.66. The van der Waals surface area contributed by atoms with E-state index >= 15 is 0 Å². The highest BCUT2D eigenvalue weighted by molar-refractivity contribution is 6.30. The molecular weight excluding hydrogens is 248 g/mol. The van der Waals surface area contributed by atoms with E-state index in [0.717, 1.165) is 11.4 Å². The molecule has 1 aromatic carbocycles. The molecule has 0 amide bonds. The van der Waals surface area contributed by atoms with Crippen molar-refractivity contribution in [3.05, 3.63) is 53.2 Å². The van der Waals surface area contributed by atoms with Crippen molar-refractivity contribution < 1.29 is 0 Å². The minimum absolute atomic E-state index is 0.567. The molecule has 2 heterocycles. The number of hydrogen-bond donors (Lipinski definition) is 0. The van der Waals surface area contributed by atoms with Gasteiger partial charge in [0.2, 0.25) is 0 Å². The first-order valence-electron chi connectivity index (χ1n) is 5.29. The van der Waals surface area contributed by atoms with Crippen LogP contribution in [-0.2, 0) is 0 Å². The van der Waals surface area contributed by atoms with Gasteiger partial charge in [-0.25, -0.2) is 0 Å². The van der Waals surface area contributed by atoms with E-state index in [1.165, 1.54) is 0 Å². The summed E-state index contributed by atoms with van der Waals surface area (Å²) in [6.45, 7) is 0. The molecule has 2 aromatic heterocycles. The number of aromatic nitrogens is 3. The topological polar surface area (TPSA) is 54.0 Å². The summed E-state index contributed by atoms with van der Waals surface area (Å²) in [4.78, 5) is 0. The van der Waals surface area contributed by atoms with E-state index in [1.54, 1.807) is 18.3 Å². The maximum Gasteiger partial charge on any atom is 0.168 e. The predicted octanol–water partition coefficient (Wildman–Crippen LogP) is 2.92. The summed E-state index contributed by atoms with van der Waals surface area (Å²) in [7, 11) is 0. The zero-order chi connectivity index (χ0) is 12.5. The Hall–Kier alpha value is -2.38. The van der Waals surface area contributed by atoms with Crippen molar-refractivity contribution in [2.75, 3.05) is 0 Å². The Kier molecular flexibility index (Phi) is 2.47. The summed E-state index contributed by atoms with van der Waals surface area (Å²) in [5.41, 5.74) is 2.15. The normalized spacial score (nSPS) is 10.4. The lowest BCUT2D eigenvalue weighted by Gasteiger charge is -2.00. The summed E-state index contributed by atoms with van der Waals surface area (Å²) >= 11 is 5.85. The molecule has 0 spiro atoms. The van der Waals surface area contributed by atoms with E-state index < -0.39 is 0 Å². The van der Waals surface area contributed by atoms with Crippen molar-refractivity contribution >= 4 is 17.2 Å². The summed E-state index contributed by atoms with van der Waals surface area (Å²) in [6, 6.07) is 12.9. The van der Waals surface area contributed by atoms with Crippen molar-refractivity contribution in [1.29, 1.82) is 5.26 Å². The number of pyridine rings is 1. The lowest BCUT2D eigenvalue weighted by molar-refractivity contribution is 1.11. The minimum Gasteiger partial charge on any atom is -0.282 e. The Balaban J connectivity index is 2.19. The van der Waals surface area contributed by atoms with Crippen molar-refractivity contribution in [3.8, 4) is 17.5 Å². The third-order valence-electron chi connectivity index (χ3n) is 2.64. The number of hydrogen-bond acceptors (Lipinski definition) is 3. The second-order valence-corrected chi connectivity index (χ2v) is 4.22. The van der Waals surface area contributed by atoms with E-state index in [4.69, 9.17) is 16.9 Å². The van der Waals surface area contributed by atoms with Gasteiger partial charge in [0.15, 0.2) is 11.5 Å². The van der Waals surface area contributed by atoms with Crippen LogP contribution < -0.4 is 0 Å². The van der Waals surface area contributed by atoms with Crippen LogP contribution in [0.5, 0.6) is 0 Å². The smallest absolute Gasteiger partial charge is 0.168 e. The Morgan fingerprint density at radius 2 is 1.89 bits per heavy atom. The Labute approximate surface area is 108 Å². The Morgan fingerprint density at radius 1 is 1.11 bits per heavy atom. The van der Waals surface area contributed by atoms with Gasteiger partial charge < -0.3 is 0 Å². The molecule has 0 unspecified atom stereocenters.